The maximum absolute atomic E-state index is 13.2. The first-order valence-corrected chi connectivity index (χ1v) is 11.0. The molecule has 0 saturated heterocycles. The Morgan fingerprint density at radius 3 is 2.41 bits per heavy atom. The molecule has 0 aliphatic rings. The number of hydrogen-bond donors (Lipinski definition) is 1. The van der Waals surface area contributed by atoms with Crippen molar-refractivity contribution in [2.45, 2.75) is 44.2 Å². The number of nitrogens with zero attached hydrogens (tertiary/aromatic N) is 1. The van der Waals surface area contributed by atoms with Crippen LogP contribution in [0.4, 0.5) is 4.39 Å². The van der Waals surface area contributed by atoms with Gasteiger partial charge in [-0.15, -0.1) is 11.8 Å². The molecular formula is C22H26ClFN2O2S. The van der Waals surface area contributed by atoms with Gasteiger partial charge in [0.1, 0.15) is 11.9 Å². The lowest BCUT2D eigenvalue weighted by atomic mass is 10.1. The van der Waals surface area contributed by atoms with E-state index in [1.54, 1.807) is 31.2 Å². The molecule has 0 saturated carbocycles. The molecule has 0 heterocycles. The molecule has 0 bridgehead atoms. The highest BCUT2D eigenvalue weighted by molar-refractivity contribution is 8.00. The van der Waals surface area contributed by atoms with Crippen molar-refractivity contribution < 1.29 is 14.0 Å². The third-order valence-corrected chi connectivity index (χ3v) is 5.69. The molecule has 2 rings (SSSR count). The van der Waals surface area contributed by atoms with E-state index in [0.717, 1.165) is 23.3 Å². The van der Waals surface area contributed by atoms with E-state index < -0.39 is 6.04 Å². The lowest BCUT2D eigenvalue weighted by molar-refractivity contribution is -0.138. The van der Waals surface area contributed by atoms with E-state index >= 15 is 0 Å². The third kappa shape index (κ3) is 7.71. The number of halogens is 2. The maximum atomic E-state index is 13.2. The summed E-state index contributed by atoms with van der Waals surface area (Å²) in [4.78, 5) is 27.9. The molecule has 2 aromatic carbocycles. The zero-order valence-corrected chi connectivity index (χ0v) is 18.2. The molecule has 0 fully saturated rings. The summed E-state index contributed by atoms with van der Waals surface area (Å²) >= 11 is 7.29. The summed E-state index contributed by atoms with van der Waals surface area (Å²) in [5.41, 5.74) is 0.768. The molecule has 0 unspecified atom stereocenters. The van der Waals surface area contributed by atoms with Crippen LogP contribution in [0.1, 0.15) is 32.3 Å². The third-order valence-electron chi connectivity index (χ3n) is 4.44. The molecule has 0 aliphatic carbocycles. The zero-order valence-electron chi connectivity index (χ0n) is 16.7. The maximum Gasteiger partial charge on any atom is 0.242 e. The average molecular weight is 437 g/mol. The van der Waals surface area contributed by atoms with Crippen LogP contribution in [0.15, 0.2) is 53.4 Å². The van der Waals surface area contributed by atoms with E-state index in [4.69, 9.17) is 11.6 Å². The summed E-state index contributed by atoms with van der Waals surface area (Å²) in [7, 11) is 0. The van der Waals surface area contributed by atoms with Gasteiger partial charge >= 0.3 is 0 Å². The molecule has 0 radical (unpaired) electrons. The SMILES string of the molecule is CCCCNC(=O)[C@@H](C)N(Cc1ccc(F)cc1)C(=O)CSc1ccc(Cl)cc1. The number of thioether (sulfide) groups is 1. The minimum Gasteiger partial charge on any atom is -0.354 e. The van der Waals surface area contributed by atoms with Gasteiger partial charge in [0.2, 0.25) is 11.8 Å². The van der Waals surface area contributed by atoms with E-state index in [0.29, 0.717) is 11.6 Å². The summed E-state index contributed by atoms with van der Waals surface area (Å²) in [6.45, 7) is 4.59. The Hall–Kier alpha value is -2.05. The lowest BCUT2D eigenvalue weighted by Gasteiger charge is -2.28. The summed E-state index contributed by atoms with van der Waals surface area (Å²) in [5.74, 6) is -0.497. The van der Waals surface area contributed by atoms with Gasteiger partial charge in [0.25, 0.3) is 0 Å². The Morgan fingerprint density at radius 1 is 1.14 bits per heavy atom. The van der Waals surface area contributed by atoms with Crippen LogP contribution in [0.3, 0.4) is 0 Å². The molecule has 156 valence electrons. The van der Waals surface area contributed by atoms with Gasteiger partial charge < -0.3 is 10.2 Å². The van der Waals surface area contributed by atoms with E-state index in [9.17, 15) is 14.0 Å². The van der Waals surface area contributed by atoms with Crippen LogP contribution in [0.5, 0.6) is 0 Å². The molecule has 1 atom stereocenters. The zero-order chi connectivity index (χ0) is 21.2. The predicted molar refractivity (Wildman–Crippen MR) is 117 cm³/mol. The van der Waals surface area contributed by atoms with Gasteiger partial charge in [0.15, 0.2) is 0 Å². The van der Waals surface area contributed by atoms with Crippen molar-refractivity contribution in [1.29, 1.82) is 0 Å². The van der Waals surface area contributed by atoms with Gasteiger partial charge in [-0.3, -0.25) is 9.59 Å². The Balaban J connectivity index is 2.08. The van der Waals surface area contributed by atoms with Crippen molar-refractivity contribution >= 4 is 35.2 Å². The molecule has 4 nitrogen and oxygen atoms in total. The Labute approximate surface area is 180 Å². The molecule has 7 heteroatoms. The minimum absolute atomic E-state index is 0.160. The van der Waals surface area contributed by atoms with Crippen LogP contribution in [-0.2, 0) is 16.1 Å². The average Bonchev–Trinajstić information content (AvgIpc) is 2.72. The van der Waals surface area contributed by atoms with Crippen molar-refractivity contribution in [3.63, 3.8) is 0 Å². The van der Waals surface area contributed by atoms with E-state index in [1.165, 1.54) is 28.8 Å². The highest BCUT2D eigenvalue weighted by Gasteiger charge is 2.26. The van der Waals surface area contributed by atoms with Gasteiger partial charge in [-0.25, -0.2) is 4.39 Å². The van der Waals surface area contributed by atoms with Gasteiger partial charge in [-0.2, -0.15) is 0 Å². The largest absolute Gasteiger partial charge is 0.354 e. The topological polar surface area (TPSA) is 49.4 Å². The molecule has 2 amide bonds. The van der Waals surface area contributed by atoms with Gasteiger partial charge in [-0.1, -0.05) is 37.1 Å². The second-order valence-corrected chi connectivity index (χ2v) is 8.20. The summed E-state index contributed by atoms with van der Waals surface area (Å²) in [6.07, 6.45) is 1.86. The van der Waals surface area contributed by atoms with Crippen molar-refractivity contribution in [3.05, 3.63) is 64.9 Å². The van der Waals surface area contributed by atoms with E-state index in [-0.39, 0.29) is 29.9 Å². The van der Waals surface area contributed by atoms with Gasteiger partial charge in [0.05, 0.1) is 5.75 Å². The van der Waals surface area contributed by atoms with Crippen LogP contribution in [0.25, 0.3) is 0 Å². The highest BCUT2D eigenvalue weighted by Crippen LogP contribution is 2.22. The second kappa shape index (κ2) is 11.8. The summed E-state index contributed by atoms with van der Waals surface area (Å²) < 4.78 is 13.2. The predicted octanol–water partition coefficient (Wildman–Crippen LogP) is 4.90. The number of carbonyl (C=O) groups is 2. The first-order chi connectivity index (χ1) is 13.9. The monoisotopic (exact) mass is 436 g/mol. The molecule has 0 aromatic heterocycles. The Kier molecular flexibility index (Phi) is 9.48. The van der Waals surface area contributed by atoms with Gasteiger partial charge in [-0.05, 0) is 55.3 Å². The molecule has 0 aliphatic heterocycles. The van der Waals surface area contributed by atoms with Crippen LogP contribution in [0, 0.1) is 5.82 Å². The van der Waals surface area contributed by atoms with Crippen molar-refractivity contribution in [1.82, 2.24) is 10.2 Å². The second-order valence-electron chi connectivity index (χ2n) is 6.71. The van der Waals surface area contributed by atoms with Crippen LogP contribution >= 0.6 is 23.4 Å². The van der Waals surface area contributed by atoms with E-state index in [1.807, 2.05) is 19.1 Å². The molecule has 0 spiro atoms. The van der Waals surface area contributed by atoms with Crippen LogP contribution in [0.2, 0.25) is 5.02 Å². The lowest BCUT2D eigenvalue weighted by Crippen LogP contribution is -2.48. The molecule has 2 aromatic rings. The first kappa shape index (κ1) is 23.2. The number of rotatable bonds is 10. The first-order valence-electron chi connectivity index (χ1n) is 9.60. The van der Waals surface area contributed by atoms with E-state index in [2.05, 4.69) is 5.32 Å². The van der Waals surface area contributed by atoms with Crippen molar-refractivity contribution in [2.75, 3.05) is 12.3 Å². The number of benzene rings is 2. The van der Waals surface area contributed by atoms with Crippen molar-refractivity contribution in [3.8, 4) is 0 Å². The standard InChI is InChI=1S/C22H26ClFN2O2S/c1-3-4-13-25-22(28)16(2)26(14-17-5-9-19(24)10-6-17)21(27)15-29-20-11-7-18(23)8-12-20/h5-12,16H,3-4,13-15H2,1-2H3,(H,25,28)/t16-/m1/s1. The smallest absolute Gasteiger partial charge is 0.242 e. The Morgan fingerprint density at radius 2 is 1.79 bits per heavy atom. The molecule has 1 N–H and O–H groups in total. The fraction of sp³-hybridized carbons (Fsp3) is 0.364. The molecular weight excluding hydrogens is 411 g/mol. The number of unbranched alkanes of at least 4 members (excludes halogenated alkanes) is 1. The molecule has 29 heavy (non-hydrogen) atoms. The fourth-order valence-corrected chi connectivity index (χ4v) is 3.57. The number of hydrogen-bond acceptors (Lipinski definition) is 3. The quantitative estimate of drug-likeness (QED) is 0.425. The number of amides is 2. The summed E-state index contributed by atoms with van der Waals surface area (Å²) in [6, 6.07) is 12.6. The number of nitrogens with one attached hydrogen (secondary N) is 1. The minimum atomic E-state index is -0.629. The highest BCUT2D eigenvalue weighted by atomic mass is 35.5. The summed E-state index contributed by atoms with van der Waals surface area (Å²) in [5, 5.41) is 3.51. The van der Waals surface area contributed by atoms with Crippen molar-refractivity contribution in [2.24, 2.45) is 0 Å². The fourth-order valence-electron chi connectivity index (χ4n) is 2.66. The number of carbonyl (C=O) groups excluding carboxylic acids is 2. The van der Waals surface area contributed by atoms with Crippen LogP contribution < -0.4 is 5.32 Å². The normalized spacial score (nSPS) is 11.7. The van der Waals surface area contributed by atoms with Gasteiger partial charge in [0, 0.05) is 23.0 Å². The van der Waals surface area contributed by atoms with Crippen LogP contribution in [-0.4, -0.2) is 35.1 Å². The Bertz CT molecular complexity index is 799.